The Balaban J connectivity index is 2.50. The highest BCUT2D eigenvalue weighted by Gasteiger charge is 2.31. The largest absolute Gasteiger partial charge is 0.390 e. The second kappa shape index (κ2) is 6.20. The zero-order valence-corrected chi connectivity index (χ0v) is 9.87. The zero-order valence-electron chi connectivity index (χ0n) is 9.05. The molecule has 1 aromatic heterocycles. The average molecular weight is 252 g/mol. The van der Waals surface area contributed by atoms with Crippen molar-refractivity contribution >= 4 is 11.3 Å². The molecule has 0 bridgehead atoms. The molecule has 1 unspecified atom stereocenters. The summed E-state index contributed by atoms with van der Waals surface area (Å²) in [5.41, 5.74) is 0. The van der Waals surface area contributed by atoms with E-state index in [1.165, 1.54) is 11.3 Å². The number of thiazole rings is 1. The molecule has 2 nitrogen and oxygen atoms in total. The average Bonchev–Trinajstić information content (AvgIpc) is 2.64. The Kier molecular flexibility index (Phi) is 5.21. The third kappa shape index (κ3) is 5.46. The predicted molar refractivity (Wildman–Crippen MR) is 58.6 cm³/mol. The highest BCUT2D eigenvalue weighted by Crippen LogP contribution is 2.23. The molecule has 0 amide bonds. The van der Waals surface area contributed by atoms with Crippen LogP contribution in [0, 0.1) is 0 Å². The topological polar surface area (TPSA) is 24.9 Å². The molecule has 0 radical (unpaired) electrons. The SMILES string of the molecule is CCCNC(Cc1nccs1)CC(F)(F)F. The molecule has 6 heteroatoms. The number of nitrogens with zero attached hydrogens (tertiary/aromatic N) is 1. The van der Waals surface area contributed by atoms with Crippen LogP contribution in [0.2, 0.25) is 0 Å². The van der Waals surface area contributed by atoms with Crippen LogP contribution in [0.15, 0.2) is 11.6 Å². The molecule has 0 aliphatic carbocycles. The second-order valence-electron chi connectivity index (χ2n) is 3.60. The Bertz CT molecular complexity index is 285. The van der Waals surface area contributed by atoms with E-state index in [0.29, 0.717) is 13.0 Å². The lowest BCUT2D eigenvalue weighted by molar-refractivity contribution is -0.139. The van der Waals surface area contributed by atoms with Crippen molar-refractivity contribution in [2.24, 2.45) is 0 Å². The third-order valence-corrected chi connectivity index (χ3v) is 2.87. The summed E-state index contributed by atoms with van der Waals surface area (Å²) in [6.45, 7) is 2.53. The predicted octanol–water partition coefficient (Wildman–Crippen LogP) is 3.01. The first kappa shape index (κ1) is 13.4. The van der Waals surface area contributed by atoms with Crippen molar-refractivity contribution in [1.82, 2.24) is 10.3 Å². The van der Waals surface area contributed by atoms with E-state index in [-0.39, 0.29) is 0 Å². The van der Waals surface area contributed by atoms with Gasteiger partial charge < -0.3 is 5.32 Å². The summed E-state index contributed by atoms with van der Waals surface area (Å²) in [6.07, 6.45) is -2.14. The fourth-order valence-corrected chi connectivity index (χ4v) is 2.11. The van der Waals surface area contributed by atoms with Crippen molar-refractivity contribution < 1.29 is 13.2 Å². The normalized spacial score (nSPS) is 14.0. The Morgan fingerprint density at radius 2 is 2.25 bits per heavy atom. The lowest BCUT2D eigenvalue weighted by Crippen LogP contribution is -2.36. The van der Waals surface area contributed by atoms with Crippen molar-refractivity contribution in [2.75, 3.05) is 6.54 Å². The summed E-state index contributed by atoms with van der Waals surface area (Å²) in [5.74, 6) is 0. The van der Waals surface area contributed by atoms with E-state index in [4.69, 9.17) is 0 Å². The Morgan fingerprint density at radius 3 is 2.75 bits per heavy atom. The van der Waals surface area contributed by atoms with Gasteiger partial charge >= 0.3 is 6.18 Å². The first-order chi connectivity index (χ1) is 7.51. The number of aromatic nitrogens is 1. The van der Waals surface area contributed by atoms with Gasteiger partial charge in [-0.05, 0) is 13.0 Å². The van der Waals surface area contributed by atoms with E-state index < -0.39 is 18.6 Å². The molecule has 0 spiro atoms. The van der Waals surface area contributed by atoms with Crippen molar-refractivity contribution in [3.05, 3.63) is 16.6 Å². The first-order valence-corrected chi connectivity index (χ1v) is 6.07. The van der Waals surface area contributed by atoms with Gasteiger partial charge in [0.05, 0.1) is 11.4 Å². The van der Waals surface area contributed by atoms with E-state index in [1.807, 2.05) is 6.92 Å². The molecular weight excluding hydrogens is 237 g/mol. The maximum Gasteiger partial charge on any atom is 0.390 e. The summed E-state index contributed by atoms with van der Waals surface area (Å²) in [4.78, 5) is 4.01. The Hall–Kier alpha value is -0.620. The Morgan fingerprint density at radius 1 is 1.50 bits per heavy atom. The molecule has 1 heterocycles. The van der Waals surface area contributed by atoms with Gasteiger partial charge in [-0.2, -0.15) is 13.2 Å². The van der Waals surface area contributed by atoms with Gasteiger partial charge in [-0.1, -0.05) is 6.92 Å². The monoisotopic (exact) mass is 252 g/mol. The molecule has 0 aliphatic rings. The van der Waals surface area contributed by atoms with Crippen LogP contribution in [0.1, 0.15) is 24.8 Å². The fraction of sp³-hybridized carbons (Fsp3) is 0.700. The van der Waals surface area contributed by atoms with Crippen molar-refractivity contribution in [3.63, 3.8) is 0 Å². The molecule has 92 valence electrons. The van der Waals surface area contributed by atoms with Gasteiger partial charge in [0.15, 0.2) is 0 Å². The van der Waals surface area contributed by atoms with Crippen molar-refractivity contribution in [3.8, 4) is 0 Å². The van der Waals surface area contributed by atoms with E-state index in [9.17, 15) is 13.2 Å². The van der Waals surface area contributed by atoms with Crippen LogP contribution in [0.25, 0.3) is 0 Å². The smallest absolute Gasteiger partial charge is 0.313 e. The molecule has 0 aliphatic heterocycles. The second-order valence-corrected chi connectivity index (χ2v) is 4.58. The summed E-state index contributed by atoms with van der Waals surface area (Å²) in [6, 6.07) is -0.564. The summed E-state index contributed by atoms with van der Waals surface area (Å²) in [7, 11) is 0. The molecule has 1 rings (SSSR count). The summed E-state index contributed by atoms with van der Waals surface area (Å²) >= 11 is 1.39. The van der Waals surface area contributed by atoms with E-state index in [1.54, 1.807) is 11.6 Å². The number of nitrogens with one attached hydrogen (secondary N) is 1. The van der Waals surface area contributed by atoms with Gasteiger partial charge in [-0.3, -0.25) is 0 Å². The maximum absolute atomic E-state index is 12.3. The van der Waals surface area contributed by atoms with Crippen molar-refractivity contribution in [2.45, 2.75) is 38.4 Å². The lowest BCUT2D eigenvalue weighted by atomic mass is 10.1. The van der Waals surface area contributed by atoms with Crippen LogP contribution in [0.5, 0.6) is 0 Å². The number of hydrogen-bond donors (Lipinski definition) is 1. The quantitative estimate of drug-likeness (QED) is 0.841. The first-order valence-electron chi connectivity index (χ1n) is 5.19. The highest BCUT2D eigenvalue weighted by molar-refractivity contribution is 7.09. The van der Waals surface area contributed by atoms with Gasteiger partial charge in [-0.15, -0.1) is 11.3 Å². The molecule has 1 atom stereocenters. The molecule has 0 saturated carbocycles. The van der Waals surface area contributed by atoms with Crippen molar-refractivity contribution in [1.29, 1.82) is 0 Å². The van der Waals surface area contributed by atoms with Gasteiger partial charge in [0.25, 0.3) is 0 Å². The Labute approximate surface area is 96.9 Å². The molecule has 16 heavy (non-hydrogen) atoms. The molecule has 1 aromatic rings. The molecule has 1 N–H and O–H groups in total. The number of halogens is 3. The van der Waals surface area contributed by atoms with Crippen LogP contribution in [-0.2, 0) is 6.42 Å². The minimum absolute atomic E-state index is 0.344. The maximum atomic E-state index is 12.3. The molecule has 0 saturated heterocycles. The van der Waals surface area contributed by atoms with Gasteiger partial charge in [0.1, 0.15) is 0 Å². The third-order valence-electron chi connectivity index (χ3n) is 2.07. The van der Waals surface area contributed by atoms with Gasteiger partial charge in [0, 0.05) is 24.0 Å². The summed E-state index contributed by atoms with van der Waals surface area (Å²) in [5, 5.41) is 5.44. The van der Waals surface area contributed by atoms with E-state index >= 15 is 0 Å². The van der Waals surface area contributed by atoms with Crippen LogP contribution in [-0.4, -0.2) is 23.7 Å². The van der Waals surface area contributed by atoms with Gasteiger partial charge in [-0.25, -0.2) is 4.98 Å². The standard InChI is InChI=1S/C10H15F3N2S/c1-2-3-14-8(7-10(11,12)13)6-9-15-4-5-16-9/h4-5,8,14H,2-3,6-7H2,1H3. The number of hydrogen-bond acceptors (Lipinski definition) is 3. The minimum Gasteiger partial charge on any atom is -0.313 e. The van der Waals surface area contributed by atoms with Crippen LogP contribution in [0.4, 0.5) is 13.2 Å². The van der Waals surface area contributed by atoms with Crippen LogP contribution in [0.3, 0.4) is 0 Å². The number of alkyl halides is 3. The zero-order chi connectivity index (χ0) is 12.0. The summed E-state index contributed by atoms with van der Waals surface area (Å²) < 4.78 is 36.9. The molecule has 0 aromatic carbocycles. The van der Waals surface area contributed by atoms with Gasteiger partial charge in [0.2, 0.25) is 0 Å². The minimum atomic E-state index is -4.12. The highest BCUT2D eigenvalue weighted by atomic mass is 32.1. The van der Waals surface area contributed by atoms with Crippen LogP contribution >= 0.6 is 11.3 Å². The molecular formula is C10H15F3N2S. The fourth-order valence-electron chi connectivity index (χ4n) is 1.41. The van der Waals surface area contributed by atoms with Crippen LogP contribution < -0.4 is 5.32 Å². The molecule has 0 fully saturated rings. The van der Waals surface area contributed by atoms with E-state index in [0.717, 1.165) is 11.4 Å². The lowest BCUT2D eigenvalue weighted by Gasteiger charge is -2.18. The number of rotatable bonds is 6. The van der Waals surface area contributed by atoms with E-state index in [2.05, 4.69) is 10.3 Å².